The molecule has 1 atom stereocenters. The van der Waals surface area contributed by atoms with Gasteiger partial charge in [0, 0.05) is 5.56 Å². The van der Waals surface area contributed by atoms with Gasteiger partial charge < -0.3 is 10.1 Å². The minimum atomic E-state index is -4.84. The third-order valence-corrected chi connectivity index (χ3v) is 4.23. The molecule has 0 bridgehead atoms. The molecule has 0 radical (unpaired) electrons. The number of hydrogen-bond donors (Lipinski definition) is 1. The van der Waals surface area contributed by atoms with Gasteiger partial charge in [0.2, 0.25) is 0 Å². The summed E-state index contributed by atoms with van der Waals surface area (Å²) in [6, 6.07) is 0.850. The second-order valence-corrected chi connectivity index (χ2v) is 6.68. The highest BCUT2D eigenvalue weighted by Gasteiger charge is 2.34. The first kappa shape index (κ1) is 23.9. The molecular weight excluding hydrogens is 378 g/mol. The molecule has 0 aromatic heterocycles. The van der Waals surface area contributed by atoms with E-state index < -0.39 is 35.5 Å². The zero-order valence-electron chi connectivity index (χ0n) is 16.2. The first-order valence-electron chi connectivity index (χ1n) is 9.51. The van der Waals surface area contributed by atoms with Crippen molar-refractivity contribution in [1.29, 1.82) is 0 Å². The number of unbranched alkanes of at least 4 members (excludes halogenated alkanes) is 6. The Morgan fingerprint density at radius 2 is 1.68 bits per heavy atom. The van der Waals surface area contributed by atoms with Crippen molar-refractivity contribution in [2.45, 2.75) is 71.0 Å². The highest BCUT2D eigenvalue weighted by molar-refractivity contribution is 5.96. The van der Waals surface area contributed by atoms with Crippen LogP contribution in [0.15, 0.2) is 18.2 Å². The van der Waals surface area contributed by atoms with Gasteiger partial charge in [0.25, 0.3) is 5.91 Å². The van der Waals surface area contributed by atoms with E-state index >= 15 is 0 Å². The van der Waals surface area contributed by atoms with Crippen LogP contribution in [0, 0.1) is 5.82 Å². The summed E-state index contributed by atoms with van der Waals surface area (Å²) in [7, 11) is 0. The van der Waals surface area contributed by atoms with E-state index in [2.05, 4.69) is 12.2 Å². The van der Waals surface area contributed by atoms with Crippen molar-refractivity contribution in [2.24, 2.45) is 0 Å². The van der Waals surface area contributed by atoms with Gasteiger partial charge >= 0.3 is 12.1 Å². The summed E-state index contributed by atoms with van der Waals surface area (Å²) in [5, 5.41) is 2.30. The lowest BCUT2D eigenvalue weighted by Crippen LogP contribution is -2.39. The summed E-state index contributed by atoms with van der Waals surface area (Å²) in [5.74, 6) is -3.05. The van der Waals surface area contributed by atoms with Gasteiger partial charge in [-0.2, -0.15) is 13.2 Å². The number of carbonyl (C=O) groups is 2. The number of nitrogens with one attached hydrogen (secondary N) is 1. The summed E-state index contributed by atoms with van der Waals surface area (Å²) in [5.41, 5.74) is -1.76. The van der Waals surface area contributed by atoms with Crippen LogP contribution in [0.4, 0.5) is 17.6 Å². The quantitative estimate of drug-likeness (QED) is 0.311. The van der Waals surface area contributed by atoms with Gasteiger partial charge in [0.05, 0.1) is 12.2 Å². The van der Waals surface area contributed by atoms with Crippen molar-refractivity contribution < 1.29 is 31.9 Å². The molecule has 1 N–H and O–H groups in total. The Hall–Kier alpha value is -2.12. The zero-order valence-corrected chi connectivity index (χ0v) is 16.2. The Kier molecular flexibility index (Phi) is 9.96. The maximum absolute atomic E-state index is 13.5. The van der Waals surface area contributed by atoms with Gasteiger partial charge in [0.15, 0.2) is 0 Å². The Bertz CT molecular complexity index is 647. The highest BCUT2D eigenvalue weighted by Crippen LogP contribution is 2.31. The van der Waals surface area contributed by atoms with Crippen molar-refractivity contribution in [3.05, 3.63) is 35.1 Å². The number of hydrogen-bond acceptors (Lipinski definition) is 3. The second-order valence-electron chi connectivity index (χ2n) is 6.68. The molecule has 0 saturated carbocycles. The fourth-order valence-electron chi connectivity index (χ4n) is 2.58. The number of benzene rings is 1. The van der Waals surface area contributed by atoms with Gasteiger partial charge in [-0.1, -0.05) is 45.4 Å². The van der Waals surface area contributed by atoms with Crippen molar-refractivity contribution in [3.63, 3.8) is 0 Å². The van der Waals surface area contributed by atoms with E-state index in [1.54, 1.807) is 0 Å². The minimum Gasteiger partial charge on any atom is -0.464 e. The van der Waals surface area contributed by atoms with Gasteiger partial charge in [-0.05, 0) is 31.5 Å². The smallest absolute Gasteiger partial charge is 0.419 e. The van der Waals surface area contributed by atoms with Crippen LogP contribution in [0.3, 0.4) is 0 Å². The van der Waals surface area contributed by atoms with Crippen LogP contribution in [-0.4, -0.2) is 24.5 Å². The van der Waals surface area contributed by atoms with Crippen LogP contribution in [0.2, 0.25) is 0 Å². The number of carbonyl (C=O) groups excluding carboxylic acids is 2. The molecule has 1 aromatic rings. The molecule has 0 aliphatic heterocycles. The molecule has 0 saturated heterocycles. The van der Waals surface area contributed by atoms with Crippen LogP contribution in [0.25, 0.3) is 0 Å². The molecule has 0 aliphatic rings. The number of rotatable bonds is 11. The molecule has 8 heteroatoms. The Morgan fingerprint density at radius 1 is 1.07 bits per heavy atom. The van der Waals surface area contributed by atoms with Gasteiger partial charge in [-0.15, -0.1) is 0 Å². The largest absolute Gasteiger partial charge is 0.464 e. The SMILES string of the molecule is CCCCCCCCCOC(=O)C(C)NC(=O)c1ccc(C(F)(F)F)c(F)c1. The van der Waals surface area contributed by atoms with E-state index in [-0.39, 0.29) is 12.2 Å². The Morgan fingerprint density at radius 3 is 2.25 bits per heavy atom. The normalized spacial score (nSPS) is 12.5. The lowest BCUT2D eigenvalue weighted by Gasteiger charge is -2.14. The molecule has 4 nitrogen and oxygen atoms in total. The summed E-state index contributed by atoms with van der Waals surface area (Å²) in [6.07, 6.45) is 2.65. The maximum atomic E-state index is 13.5. The van der Waals surface area contributed by atoms with Crippen molar-refractivity contribution in [2.75, 3.05) is 6.61 Å². The topological polar surface area (TPSA) is 55.4 Å². The first-order valence-corrected chi connectivity index (χ1v) is 9.51. The van der Waals surface area contributed by atoms with Crippen molar-refractivity contribution in [1.82, 2.24) is 5.32 Å². The number of amides is 1. The van der Waals surface area contributed by atoms with Crippen LogP contribution in [0.1, 0.15) is 74.7 Å². The van der Waals surface area contributed by atoms with Gasteiger partial charge in [-0.25, -0.2) is 9.18 Å². The Balaban J connectivity index is 2.39. The molecule has 0 heterocycles. The zero-order chi connectivity index (χ0) is 21.2. The molecule has 0 aliphatic carbocycles. The van der Waals surface area contributed by atoms with Crippen LogP contribution in [0.5, 0.6) is 0 Å². The monoisotopic (exact) mass is 405 g/mol. The first-order chi connectivity index (χ1) is 13.2. The summed E-state index contributed by atoms with van der Waals surface area (Å²) in [6.45, 7) is 3.78. The Labute approximate surface area is 162 Å². The molecule has 0 spiro atoms. The molecule has 1 amide bonds. The van der Waals surface area contributed by atoms with Crippen molar-refractivity contribution >= 4 is 11.9 Å². The predicted octanol–water partition coefficient (Wildman–Crippen LogP) is 5.26. The molecule has 158 valence electrons. The number of halogens is 4. The standard InChI is InChI=1S/C20H27F4NO3/c1-3-4-5-6-7-8-9-12-28-19(27)14(2)25-18(26)15-10-11-16(17(21)13-15)20(22,23)24/h10-11,13-14H,3-9,12H2,1-2H3,(H,25,26). The lowest BCUT2D eigenvalue weighted by atomic mass is 10.1. The van der Waals surface area contributed by atoms with E-state index in [1.165, 1.54) is 26.2 Å². The average molecular weight is 405 g/mol. The van der Waals surface area contributed by atoms with Gasteiger partial charge in [-0.3, -0.25) is 4.79 Å². The molecule has 28 heavy (non-hydrogen) atoms. The second kappa shape index (κ2) is 11.7. The van der Waals surface area contributed by atoms with Gasteiger partial charge in [0.1, 0.15) is 11.9 Å². The summed E-state index contributed by atoms with van der Waals surface area (Å²) in [4.78, 5) is 23.9. The summed E-state index contributed by atoms with van der Waals surface area (Å²) >= 11 is 0. The number of ether oxygens (including phenoxy) is 1. The average Bonchev–Trinajstić information content (AvgIpc) is 2.62. The highest BCUT2D eigenvalue weighted by atomic mass is 19.4. The lowest BCUT2D eigenvalue weighted by molar-refractivity contribution is -0.145. The third-order valence-electron chi connectivity index (χ3n) is 4.23. The van der Waals surface area contributed by atoms with E-state index in [4.69, 9.17) is 4.74 Å². The van der Waals surface area contributed by atoms with Crippen LogP contribution >= 0.6 is 0 Å². The van der Waals surface area contributed by atoms with Crippen LogP contribution in [-0.2, 0) is 15.7 Å². The fourth-order valence-corrected chi connectivity index (χ4v) is 2.58. The van der Waals surface area contributed by atoms with E-state index in [0.717, 1.165) is 31.7 Å². The third kappa shape index (κ3) is 8.27. The van der Waals surface area contributed by atoms with E-state index in [1.807, 2.05) is 0 Å². The summed E-state index contributed by atoms with van der Waals surface area (Å²) < 4.78 is 56.3. The molecule has 1 rings (SSSR count). The van der Waals surface area contributed by atoms with Crippen molar-refractivity contribution in [3.8, 4) is 0 Å². The number of alkyl halides is 3. The molecule has 1 aromatic carbocycles. The molecule has 1 unspecified atom stereocenters. The van der Waals surface area contributed by atoms with E-state index in [9.17, 15) is 27.2 Å². The molecular formula is C20H27F4NO3. The predicted molar refractivity (Wildman–Crippen MR) is 97.3 cm³/mol. The number of esters is 1. The van der Waals surface area contributed by atoms with Crippen LogP contribution < -0.4 is 5.32 Å². The minimum absolute atomic E-state index is 0.238. The maximum Gasteiger partial charge on any atom is 0.419 e. The van der Waals surface area contributed by atoms with E-state index in [0.29, 0.717) is 12.1 Å². The fraction of sp³-hybridized carbons (Fsp3) is 0.600. The molecule has 0 fully saturated rings.